The van der Waals surface area contributed by atoms with Crippen LogP contribution in [0.25, 0.3) is 0 Å². The highest BCUT2D eigenvalue weighted by Crippen LogP contribution is 2.18. The van der Waals surface area contributed by atoms with Crippen LogP contribution in [-0.2, 0) is 14.8 Å². The SMILES string of the molecule is CCCN(CCC(=O)Nc1c(F)cccc1F)S(C)(=O)=O. The standard InChI is InChI=1S/C13H18F2N2O3S/c1-3-8-17(21(2,19)20)9-7-12(18)16-13-10(14)5-4-6-11(13)15/h4-6H,3,7-9H2,1-2H3,(H,16,18). The molecule has 0 bridgehead atoms. The molecule has 1 aromatic rings. The molecule has 0 saturated carbocycles. The third-order valence-corrected chi connectivity index (χ3v) is 4.06. The molecule has 1 rings (SSSR count). The Morgan fingerprint density at radius 1 is 1.24 bits per heavy atom. The Morgan fingerprint density at radius 3 is 2.29 bits per heavy atom. The van der Waals surface area contributed by atoms with Gasteiger partial charge in [-0.15, -0.1) is 0 Å². The maximum absolute atomic E-state index is 13.4. The van der Waals surface area contributed by atoms with E-state index in [2.05, 4.69) is 5.32 Å². The number of nitrogens with one attached hydrogen (secondary N) is 1. The molecule has 118 valence electrons. The van der Waals surface area contributed by atoms with Gasteiger partial charge in [0, 0.05) is 19.5 Å². The topological polar surface area (TPSA) is 66.5 Å². The molecule has 0 aliphatic carbocycles. The highest BCUT2D eigenvalue weighted by atomic mass is 32.2. The first kappa shape index (κ1) is 17.5. The first-order valence-electron chi connectivity index (χ1n) is 6.44. The number of anilines is 1. The Morgan fingerprint density at radius 2 is 1.81 bits per heavy atom. The number of benzene rings is 1. The van der Waals surface area contributed by atoms with Crippen LogP contribution in [0.3, 0.4) is 0 Å². The highest BCUT2D eigenvalue weighted by Gasteiger charge is 2.18. The van der Waals surface area contributed by atoms with Gasteiger partial charge in [0.2, 0.25) is 15.9 Å². The van der Waals surface area contributed by atoms with Crippen LogP contribution < -0.4 is 5.32 Å². The number of rotatable bonds is 7. The average molecular weight is 320 g/mol. The Balaban J connectivity index is 2.66. The van der Waals surface area contributed by atoms with E-state index in [1.165, 1.54) is 6.07 Å². The predicted molar refractivity (Wildman–Crippen MR) is 76.3 cm³/mol. The van der Waals surface area contributed by atoms with E-state index < -0.39 is 33.3 Å². The fourth-order valence-electron chi connectivity index (χ4n) is 1.74. The molecule has 21 heavy (non-hydrogen) atoms. The lowest BCUT2D eigenvalue weighted by atomic mass is 10.2. The number of halogens is 2. The third-order valence-electron chi connectivity index (χ3n) is 2.76. The summed E-state index contributed by atoms with van der Waals surface area (Å²) < 4.78 is 50.8. The molecular weight excluding hydrogens is 302 g/mol. The van der Waals surface area contributed by atoms with Crippen molar-refractivity contribution in [2.75, 3.05) is 24.7 Å². The van der Waals surface area contributed by atoms with Crippen molar-refractivity contribution < 1.29 is 22.0 Å². The van der Waals surface area contributed by atoms with Gasteiger partial charge < -0.3 is 5.32 Å². The number of carbonyl (C=O) groups excluding carboxylic acids is 1. The lowest BCUT2D eigenvalue weighted by Crippen LogP contribution is -2.33. The van der Waals surface area contributed by atoms with Gasteiger partial charge >= 0.3 is 0 Å². The number of nitrogens with zero attached hydrogens (tertiary/aromatic N) is 1. The second kappa shape index (κ2) is 7.46. The van der Waals surface area contributed by atoms with Gasteiger partial charge in [-0.3, -0.25) is 4.79 Å². The van der Waals surface area contributed by atoms with Crippen molar-refractivity contribution in [1.82, 2.24) is 4.31 Å². The minimum Gasteiger partial charge on any atom is -0.321 e. The summed E-state index contributed by atoms with van der Waals surface area (Å²) in [5, 5.41) is 2.12. The van der Waals surface area contributed by atoms with Crippen molar-refractivity contribution in [3.8, 4) is 0 Å². The number of hydrogen-bond acceptors (Lipinski definition) is 3. The summed E-state index contributed by atoms with van der Waals surface area (Å²) in [7, 11) is -3.41. The zero-order valence-electron chi connectivity index (χ0n) is 11.9. The molecule has 0 radical (unpaired) electrons. The summed E-state index contributed by atoms with van der Waals surface area (Å²) in [6, 6.07) is 3.24. The monoisotopic (exact) mass is 320 g/mol. The van der Waals surface area contributed by atoms with Gasteiger partial charge in [0.05, 0.1) is 6.26 Å². The van der Waals surface area contributed by atoms with Crippen molar-refractivity contribution >= 4 is 21.6 Å². The van der Waals surface area contributed by atoms with E-state index in [9.17, 15) is 22.0 Å². The van der Waals surface area contributed by atoms with Crippen molar-refractivity contribution in [3.63, 3.8) is 0 Å². The van der Waals surface area contributed by atoms with Gasteiger partial charge in [0.25, 0.3) is 0 Å². The van der Waals surface area contributed by atoms with E-state index in [0.717, 1.165) is 22.7 Å². The molecule has 8 heteroatoms. The van der Waals surface area contributed by atoms with Gasteiger partial charge in [-0.2, -0.15) is 0 Å². The minimum atomic E-state index is -3.41. The Kier molecular flexibility index (Phi) is 6.22. The molecule has 0 saturated heterocycles. The number of amides is 1. The lowest BCUT2D eigenvalue weighted by Gasteiger charge is -2.18. The third kappa shape index (κ3) is 5.39. The Bertz CT molecular complexity index is 585. The molecule has 0 fully saturated rings. The van der Waals surface area contributed by atoms with Crippen molar-refractivity contribution in [2.45, 2.75) is 19.8 Å². The molecule has 1 amide bonds. The molecule has 0 atom stereocenters. The minimum absolute atomic E-state index is 0.0332. The second-order valence-electron chi connectivity index (χ2n) is 4.56. The number of sulfonamides is 1. The van der Waals surface area contributed by atoms with Crippen molar-refractivity contribution in [2.24, 2.45) is 0 Å². The van der Waals surface area contributed by atoms with Gasteiger partial charge in [-0.1, -0.05) is 13.0 Å². The molecule has 0 spiro atoms. The summed E-state index contributed by atoms with van der Waals surface area (Å²) in [6.45, 7) is 2.07. The number of hydrogen-bond donors (Lipinski definition) is 1. The predicted octanol–water partition coefficient (Wildman–Crippen LogP) is 1.96. The molecule has 1 aromatic carbocycles. The largest absolute Gasteiger partial charge is 0.321 e. The maximum atomic E-state index is 13.4. The molecule has 0 aliphatic rings. The molecule has 1 N–H and O–H groups in total. The summed E-state index contributed by atoms with van der Waals surface area (Å²) in [5.74, 6) is -2.41. The van der Waals surface area contributed by atoms with Crippen LogP contribution in [0, 0.1) is 11.6 Å². The highest BCUT2D eigenvalue weighted by molar-refractivity contribution is 7.88. The molecule has 0 unspecified atom stereocenters. The van der Waals surface area contributed by atoms with Crippen LogP contribution in [0.15, 0.2) is 18.2 Å². The van der Waals surface area contributed by atoms with E-state index in [1.807, 2.05) is 6.92 Å². The van der Waals surface area contributed by atoms with Gasteiger partial charge in [-0.25, -0.2) is 21.5 Å². The van der Waals surface area contributed by atoms with Crippen LogP contribution in [-0.4, -0.2) is 38.0 Å². The van der Waals surface area contributed by atoms with Crippen LogP contribution in [0.5, 0.6) is 0 Å². The number of para-hydroxylation sites is 1. The van der Waals surface area contributed by atoms with Crippen LogP contribution in [0.4, 0.5) is 14.5 Å². The zero-order valence-corrected chi connectivity index (χ0v) is 12.7. The van der Waals surface area contributed by atoms with E-state index in [4.69, 9.17) is 0 Å². The summed E-state index contributed by atoms with van der Waals surface area (Å²) in [6.07, 6.45) is 1.48. The smallest absolute Gasteiger partial charge is 0.225 e. The van der Waals surface area contributed by atoms with Gasteiger partial charge in [0.15, 0.2) is 0 Å². The first-order chi connectivity index (χ1) is 9.75. The normalized spacial score (nSPS) is 11.7. The average Bonchev–Trinajstić information content (AvgIpc) is 2.37. The first-order valence-corrected chi connectivity index (χ1v) is 8.29. The second-order valence-corrected chi connectivity index (χ2v) is 6.54. The van der Waals surface area contributed by atoms with E-state index in [0.29, 0.717) is 13.0 Å². The summed E-state index contributed by atoms with van der Waals surface area (Å²) >= 11 is 0. The van der Waals surface area contributed by atoms with E-state index in [-0.39, 0.29) is 13.0 Å². The fraction of sp³-hybridized carbons (Fsp3) is 0.462. The quantitative estimate of drug-likeness (QED) is 0.835. The van der Waals surface area contributed by atoms with E-state index in [1.54, 1.807) is 0 Å². The maximum Gasteiger partial charge on any atom is 0.225 e. The molecule has 5 nitrogen and oxygen atoms in total. The molecule has 0 heterocycles. The Hall–Kier alpha value is -1.54. The van der Waals surface area contributed by atoms with E-state index >= 15 is 0 Å². The summed E-state index contributed by atoms with van der Waals surface area (Å²) in [5.41, 5.74) is -0.524. The summed E-state index contributed by atoms with van der Waals surface area (Å²) in [4.78, 5) is 11.7. The molecular formula is C13H18F2N2O3S. The number of carbonyl (C=O) groups is 1. The van der Waals surface area contributed by atoms with Gasteiger partial charge in [0.1, 0.15) is 17.3 Å². The van der Waals surface area contributed by atoms with Crippen molar-refractivity contribution in [3.05, 3.63) is 29.8 Å². The molecule has 0 aliphatic heterocycles. The van der Waals surface area contributed by atoms with Crippen LogP contribution >= 0.6 is 0 Å². The Labute approximate surface area is 123 Å². The van der Waals surface area contributed by atoms with Crippen LogP contribution in [0.1, 0.15) is 19.8 Å². The molecule has 0 aromatic heterocycles. The zero-order chi connectivity index (χ0) is 16.0. The lowest BCUT2D eigenvalue weighted by molar-refractivity contribution is -0.116. The van der Waals surface area contributed by atoms with Gasteiger partial charge in [-0.05, 0) is 18.6 Å². The fourth-order valence-corrected chi connectivity index (χ4v) is 2.68. The van der Waals surface area contributed by atoms with Crippen molar-refractivity contribution in [1.29, 1.82) is 0 Å². The van der Waals surface area contributed by atoms with Crippen LogP contribution in [0.2, 0.25) is 0 Å².